The Bertz CT molecular complexity index is 630. The topological polar surface area (TPSA) is 143 Å². The van der Waals surface area contributed by atoms with E-state index in [0.717, 1.165) is 5.01 Å². The standard InChI is InChI=1S/C20H42N4O6Si/c1-18(2,3)29-17(28)22-20(12-10-11-13-21,30-31(8,9)19(4,5)6)16(27)23-24(7)14-15(25)26/h10-14,21H2,1-9H3,(H,22,28)(H,23,27)(H,25,26). The number of carboxylic acid groups (broad SMARTS) is 1. The molecule has 1 atom stereocenters. The molecular formula is C20H42N4O6Si. The van der Waals surface area contributed by atoms with Crippen LogP contribution in [0.15, 0.2) is 0 Å². The third-order valence-corrected chi connectivity index (χ3v) is 9.42. The molecule has 0 spiro atoms. The number of aliphatic carboxylic acids is 1. The van der Waals surface area contributed by atoms with Crippen LogP contribution in [0.4, 0.5) is 4.79 Å². The Morgan fingerprint density at radius 1 is 1.06 bits per heavy atom. The molecule has 2 amide bonds. The second kappa shape index (κ2) is 11.3. The number of alkyl carbamates (subject to hydrolysis) is 1. The fourth-order valence-electron chi connectivity index (χ4n) is 2.44. The number of hydrazine groups is 1. The van der Waals surface area contributed by atoms with Crippen LogP contribution in [0.5, 0.6) is 0 Å². The van der Waals surface area contributed by atoms with Gasteiger partial charge in [0.05, 0.1) is 0 Å². The summed E-state index contributed by atoms with van der Waals surface area (Å²) in [5.41, 5.74) is 5.64. The minimum absolute atomic E-state index is 0.155. The fourth-order valence-corrected chi connectivity index (χ4v) is 3.86. The lowest BCUT2D eigenvalue weighted by molar-refractivity contribution is -0.149. The number of hydrogen-bond acceptors (Lipinski definition) is 7. The summed E-state index contributed by atoms with van der Waals surface area (Å²) in [4.78, 5) is 37.1. The molecule has 0 rings (SSSR count). The summed E-state index contributed by atoms with van der Waals surface area (Å²) in [7, 11) is -1.14. The molecule has 0 saturated heterocycles. The van der Waals surface area contributed by atoms with Gasteiger partial charge in [-0.3, -0.25) is 20.3 Å². The highest BCUT2D eigenvalue weighted by Gasteiger charge is 2.50. The van der Waals surface area contributed by atoms with Crippen molar-refractivity contribution < 1.29 is 28.7 Å². The number of nitrogens with zero attached hydrogens (tertiary/aromatic N) is 1. The van der Waals surface area contributed by atoms with Crippen LogP contribution in [0.1, 0.15) is 60.8 Å². The summed E-state index contributed by atoms with van der Waals surface area (Å²) in [6, 6.07) is 0. The van der Waals surface area contributed by atoms with E-state index in [1.165, 1.54) is 7.05 Å². The second-order valence-electron chi connectivity index (χ2n) is 10.3. The molecule has 31 heavy (non-hydrogen) atoms. The third-order valence-electron chi connectivity index (χ3n) is 4.95. The first-order valence-corrected chi connectivity index (χ1v) is 13.4. The van der Waals surface area contributed by atoms with E-state index in [2.05, 4.69) is 10.7 Å². The smallest absolute Gasteiger partial charge is 0.410 e. The van der Waals surface area contributed by atoms with Crippen LogP contribution in [0.25, 0.3) is 0 Å². The Hall–Kier alpha value is -1.69. The van der Waals surface area contributed by atoms with Gasteiger partial charge >= 0.3 is 12.1 Å². The molecule has 11 heteroatoms. The number of likely N-dealkylation sites (N-methyl/N-ethyl adjacent to an activating group) is 1. The van der Waals surface area contributed by atoms with Gasteiger partial charge in [-0.05, 0) is 58.3 Å². The molecule has 0 aliphatic carbocycles. The van der Waals surface area contributed by atoms with Crippen molar-refractivity contribution in [2.24, 2.45) is 5.73 Å². The highest BCUT2D eigenvalue weighted by atomic mass is 28.4. The Kier molecular flexibility index (Phi) is 10.6. The average Bonchev–Trinajstić information content (AvgIpc) is 2.50. The van der Waals surface area contributed by atoms with E-state index < -0.39 is 44.2 Å². The number of amides is 2. The van der Waals surface area contributed by atoms with Crippen molar-refractivity contribution in [3.05, 3.63) is 0 Å². The molecule has 0 aromatic heterocycles. The zero-order chi connectivity index (χ0) is 24.7. The van der Waals surface area contributed by atoms with Crippen molar-refractivity contribution in [2.45, 2.75) is 90.3 Å². The first-order valence-electron chi connectivity index (χ1n) is 10.5. The molecule has 0 fully saturated rings. The molecule has 1 unspecified atom stereocenters. The predicted octanol–water partition coefficient (Wildman–Crippen LogP) is 2.41. The number of nitrogens with two attached hydrogens (primary N) is 1. The number of carboxylic acids is 1. The van der Waals surface area contributed by atoms with Crippen molar-refractivity contribution in [3.8, 4) is 0 Å². The summed E-state index contributed by atoms with van der Waals surface area (Å²) in [6.45, 7) is 15.2. The molecule has 0 aromatic rings. The molecule has 182 valence electrons. The predicted molar refractivity (Wildman–Crippen MR) is 122 cm³/mol. The minimum atomic E-state index is -2.57. The largest absolute Gasteiger partial charge is 0.480 e. The van der Waals surface area contributed by atoms with Crippen LogP contribution in [-0.2, 0) is 18.8 Å². The van der Waals surface area contributed by atoms with Crippen LogP contribution in [0.3, 0.4) is 0 Å². The minimum Gasteiger partial charge on any atom is -0.480 e. The van der Waals surface area contributed by atoms with E-state index >= 15 is 0 Å². The molecule has 0 saturated carbocycles. The van der Waals surface area contributed by atoms with Crippen LogP contribution in [0.2, 0.25) is 18.1 Å². The maximum atomic E-state index is 13.4. The maximum absolute atomic E-state index is 13.4. The van der Waals surface area contributed by atoms with E-state index in [1.807, 2.05) is 33.9 Å². The summed E-state index contributed by atoms with van der Waals surface area (Å²) in [5, 5.41) is 12.6. The Morgan fingerprint density at radius 2 is 1.61 bits per heavy atom. The summed E-state index contributed by atoms with van der Waals surface area (Å²) < 4.78 is 11.9. The van der Waals surface area contributed by atoms with E-state index in [4.69, 9.17) is 20.0 Å². The summed E-state index contributed by atoms with van der Waals surface area (Å²) >= 11 is 0. The Morgan fingerprint density at radius 3 is 2.03 bits per heavy atom. The number of carbonyl (C=O) groups is 3. The van der Waals surface area contributed by atoms with Crippen molar-refractivity contribution in [2.75, 3.05) is 20.1 Å². The first-order chi connectivity index (χ1) is 13.8. The van der Waals surface area contributed by atoms with Crippen LogP contribution >= 0.6 is 0 Å². The summed E-state index contributed by atoms with van der Waals surface area (Å²) in [6.07, 6.45) is 0.492. The van der Waals surface area contributed by atoms with Crippen molar-refractivity contribution in [3.63, 3.8) is 0 Å². The van der Waals surface area contributed by atoms with E-state index in [9.17, 15) is 14.4 Å². The SMILES string of the molecule is CN(CC(=O)O)NC(=O)C(CCCCN)(NC(=O)OC(C)(C)C)O[Si](C)(C)C(C)(C)C. The van der Waals surface area contributed by atoms with E-state index in [0.29, 0.717) is 19.4 Å². The number of nitrogens with one attached hydrogen (secondary N) is 2. The molecule has 0 aliphatic rings. The van der Waals surface area contributed by atoms with E-state index in [1.54, 1.807) is 20.8 Å². The highest BCUT2D eigenvalue weighted by molar-refractivity contribution is 6.74. The zero-order valence-corrected chi connectivity index (χ0v) is 21.5. The van der Waals surface area contributed by atoms with Crippen LogP contribution in [0, 0.1) is 0 Å². The quantitative estimate of drug-likeness (QED) is 0.159. The lowest BCUT2D eigenvalue weighted by Crippen LogP contribution is -2.67. The molecular weight excluding hydrogens is 420 g/mol. The molecule has 5 N–H and O–H groups in total. The number of hydrogen-bond donors (Lipinski definition) is 4. The lowest BCUT2D eigenvalue weighted by Gasteiger charge is -2.45. The van der Waals surface area contributed by atoms with Crippen LogP contribution < -0.4 is 16.5 Å². The molecule has 0 bridgehead atoms. The Balaban J connectivity index is 6.17. The number of rotatable bonds is 11. The van der Waals surface area contributed by atoms with Gasteiger partial charge in [0.25, 0.3) is 5.91 Å². The summed E-state index contributed by atoms with van der Waals surface area (Å²) in [5.74, 6) is -1.77. The van der Waals surface area contributed by atoms with Gasteiger partial charge in [-0.1, -0.05) is 20.8 Å². The normalized spacial score (nSPS) is 14.7. The second-order valence-corrected chi connectivity index (χ2v) is 15.0. The first kappa shape index (κ1) is 29.3. The number of ether oxygens (including phenoxy) is 1. The van der Waals surface area contributed by atoms with Gasteiger partial charge in [-0.2, -0.15) is 0 Å². The number of unbranched alkanes of at least 4 members (excludes halogenated alkanes) is 1. The molecule has 10 nitrogen and oxygen atoms in total. The average molecular weight is 463 g/mol. The number of carbonyl (C=O) groups excluding carboxylic acids is 2. The maximum Gasteiger partial charge on any atom is 0.410 e. The van der Waals surface area contributed by atoms with Crippen molar-refractivity contribution in [1.82, 2.24) is 15.8 Å². The van der Waals surface area contributed by atoms with Gasteiger partial charge in [0, 0.05) is 13.5 Å². The fraction of sp³-hybridized carbons (Fsp3) is 0.850. The van der Waals surface area contributed by atoms with Gasteiger partial charge in [0.2, 0.25) is 5.72 Å². The third kappa shape index (κ3) is 10.4. The zero-order valence-electron chi connectivity index (χ0n) is 20.5. The molecule has 0 heterocycles. The van der Waals surface area contributed by atoms with Gasteiger partial charge in [0.1, 0.15) is 12.1 Å². The van der Waals surface area contributed by atoms with Gasteiger partial charge in [-0.25, -0.2) is 9.80 Å². The monoisotopic (exact) mass is 462 g/mol. The van der Waals surface area contributed by atoms with Gasteiger partial charge in [0.15, 0.2) is 8.32 Å². The van der Waals surface area contributed by atoms with Gasteiger partial charge in [-0.15, -0.1) is 0 Å². The lowest BCUT2D eigenvalue weighted by atomic mass is 10.0. The van der Waals surface area contributed by atoms with Crippen molar-refractivity contribution in [1.29, 1.82) is 0 Å². The molecule has 0 aliphatic heterocycles. The van der Waals surface area contributed by atoms with E-state index in [-0.39, 0.29) is 11.5 Å². The Labute approximate surface area is 187 Å². The highest BCUT2D eigenvalue weighted by Crippen LogP contribution is 2.40. The van der Waals surface area contributed by atoms with Gasteiger partial charge < -0.3 is 20.0 Å². The van der Waals surface area contributed by atoms with Crippen molar-refractivity contribution >= 4 is 26.3 Å². The van der Waals surface area contributed by atoms with Crippen LogP contribution in [-0.4, -0.2) is 67.9 Å². The molecule has 0 radical (unpaired) electrons. The molecule has 0 aromatic carbocycles.